The van der Waals surface area contributed by atoms with Crippen molar-refractivity contribution in [2.24, 2.45) is 5.41 Å². The summed E-state index contributed by atoms with van der Waals surface area (Å²) in [5.74, 6) is 1.10. The predicted molar refractivity (Wildman–Crippen MR) is 62.3 cm³/mol. The lowest BCUT2D eigenvalue weighted by Crippen LogP contribution is -2.07. The highest BCUT2D eigenvalue weighted by molar-refractivity contribution is 5.29. The van der Waals surface area contributed by atoms with Crippen LogP contribution in [-0.4, -0.2) is 11.7 Å². The van der Waals surface area contributed by atoms with Crippen LogP contribution in [0.5, 0.6) is 11.5 Å². The SMILES string of the molecule is CC(C)(C)CCCOc1ccc(O)cc1. The zero-order chi connectivity index (χ0) is 11.3. The Morgan fingerprint density at radius 2 is 1.73 bits per heavy atom. The highest BCUT2D eigenvalue weighted by atomic mass is 16.5. The Morgan fingerprint density at radius 1 is 1.13 bits per heavy atom. The maximum Gasteiger partial charge on any atom is 0.119 e. The molecule has 0 unspecified atom stereocenters. The van der Waals surface area contributed by atoms with Crippen LogP contribution >= 0.6 is 0 Å². The molecular formula is C13H20O2. The van der Waals surface area contributed by atoms with Gasteiger partial charge in [0.1, 0.15) is 11.5 Å². The molecule has 0 aliphatic heterocycles. The van der Waals surface area contributed by atoms with Crippen LogP contribution in [0.4, 0.5) is 0 Å². The standard InChI is InChI=1S/C13H20O2/c1-13(2,3)9-4-10-15-12-7-5-11(14)6-8-12/h5-8,14H,4,9-10H2,1-3H3. The van der Waals surface area contributed by atoms with Crippen molar-refractivity contribution < 1.29 is 9.84 Å². The molecule has 1 aromatic carbocycles. The molecular weight excluding hydrogens is 188 g/mol. The Hall–Kier alpha value is -1.18. The van der Waals surface area contributed by atoms with Crippen LogP contribution in [0, 0.1) is 5.41 Å². The van der Waals surface area contributed by atoms with Gasteiger partial charge in [-0.1, -0.05) is 20.8 Å². The summed E-state index contributed by atoms with van der Waals surface area (Å²) in [4.78, 5) is 0. The van der Waals surface area contributed by atoms with E-state index in [1.165, 1.54) is 0 Å². The van der Waals surface area contributed by atoms with Gasteiger partial charge >= 0.3 is 0 Å². The predicted octanol–water partition coefficient (Wildman–Crippen LogP) is 3.60. The molecule has 0 heterocycles. The van der Waals surface area contributed by atoms with Gasteiger partial charge in [-0.25, -0.2) is 0 Å². The number of phenols is 1. The number of hydrogen-bond donors (Lipinski definition) is 1. The number of hydrogen-bond acceptors (Lipinski definition) is 2. The zero-order valence-electron chi connectivity index (χ0n) is 9.79. The van der Waals surface area contributed by atoms with E-state index >= 15 is 0 Å². The van der Waals surface area contributed by atoms with Gasteiger partial charge in [0.15, 0.2) is 0 Å². The molecule has 0 amide bonds. The lowest BCUT2D eigenvalue weighted by Gasteiger charge is -2.17. The molecule has 1 N–H and O–H groups in total. The van der Waals surface area contributed by atoms with E-state index < -0.39 is 0 Å². The van der Waals surface area contributed by atoms with Crippen molar-refractivity contribution in [3.8, 4) is 11.5 Å². The van der Waals surface area contributed by atoms with Gasteiger partial charge in [0.2, 0.25) is 0 Å². The van der Waals surface area contributed by atoms with Crippen LogP contribution in [0.3, 0.4) is 0 Å². The highest BCUT2D eigenvalue weighted by Crippen LogP contribution is 2.21. The van der Waals surface area contributed by atoms with Crippen molar-refractivity contribution in [2.75, 3.05) is 6.61 Å². The summed E-state index contributed by atoms with van der Waals surface area (Å²) in [6.07, 6.45) is 2.22. The summed E-state index contributed by atoms with van der Waals surface area (Å²) in [7, 11) is 0. The van der Waals surface area contributed by atoms with E-state index in [1.807, 2.05) is 0 Å². The molecule has 0 fully saturated rings. The number of rotatable bonds is 4. The van der Waals surface area contributed by atoms with E-state index in [4.69, 9.17) is 9.84 Å². The van der Waals surface area contributed by atoms with Gasteiger partial charge in [-0.3, -0.25) is 0 Å². The van der Waals surface area contributed by atoms with Crippen LogP contribution in [0.15, 0.2) is 24.3 Å². The summed E-state index contributed by atoms with van der Waals surface area (Å²) in [5, 5.41) is 9.08. The molecule has 1 aromatic rings. The number of aromatic hydroxyl groups is 1. The van der Waals surface area contributed by atoms with Gasteiger partial charge < -0.3 is 9.84 Å². The summed E-state index contributed by atoms with van der Waals surface area (Å²) >= 11 is 0. The summed E-state index contributed by atoms with van der Waals surface area (Å²) < 4.78 is 5.55. The first-order valence-corrected chi connectivity index (χ1v) is 5.39. The van der Waals surface area contributed by atoms with Crippen molar-refractivity contribution in [3.63, 3.8) is 0 Å². The molecule has 0 radical (unpaired) electrons. The summed E-state index contributed by atoms with van der Waals surface area (Å²) in [6, 6.07) is 6.84. The molecule has 2 heteroatoms. The van der Waals surface area contributed by atoms with Crippen molar-refractivity contribution in [1.82, 2.24) is 0 Å². The lowest BCUT2D eigenvalue weighted by atomic mass is 9.91. The Morgan fingerprint density at radius 3 is 2.27 bits per heavy atom. The third kappa shape index (κ3) is 5.31. The normalized spacial score (nSPS) is 11.4. The zero-order valence-corrected chi connectivity index (χ0v) is 9.79. The van der Waals surface area contributed by atoms with Crippen LogP contribution in [0.2, 0.25) is 0 Å². The van der Waals surface area contributed by atoms with Crippen LogP contribution < -0.4 is 4.74 Å². The number of ether oxygens (including phenoxy) is 1. The van der Waals surface area contributed by atoms with Gasteiger partial charge in [-0.15, -0.1) is 0 Å². The number of phenolic OH excluding ortho intramolecular Hbond substituents is 1. The maximum absolute atomic E-state index is 9.08. The molecule has 0 aromatic heterocycles. The lowest BCUT2D eigenvalue weighted by molar-refractivity contribution is 0.269. The summed E-state index contributed by atoms with van der Waals surface area (Å²) in [6.45, 7) is 7.43. The van der Waals surface area contributed by atoms with Crippen molar-refractivity contribution in [2.45, 2.75) is 33.6 Å². The van der Waals surface area contributed by atoms with E-state index in [1.54, 1.807) is 24.3 Å². The van der Waals surface area contributed by atoms with Gasteiger partial charge in [0.25, 0.3) is 0 Å². The van der Waals surface area contributed by atoms with E-state index in [0.29, 0.717) is 5.41 Å². The first-order valence-electron chi connectivity index (χ1n) is 5.39. The van der Waals surface area contributed by atoms with Crippen LogP contribution in [-0.2, 0) is 0 Å². The molecule has 0 atom stereocenters. The quantitative estimate of drug-likeness (QED) is 0.766. The fourth-order valence-electron chi connectivity index (χ4n) is 1.33. The molecule has 0 aliphatic carbocycles. The van der Waals surface area contributed by atoms with Gasteiger partial charge in [0.05, 0.1) is 6.61 Å². The average molecular weight is 208 g/mol. The fraction of sp³-hybridized carbons (Fsp3) is 0.538. The minimum absolute atomic E-state index is 0.275. The largest absolute Gasteiger partial charge is 0.508 e. The Labute approximate surface area is 91.9 Å². The van der Waals surface area contributed by atoms with Crippen molar-refractivity contribution >= 4 is 0 Å². The molecule has 0 aliphatic rings. The third-order valence-electron chi connectivity index (χ3n) is 2.18. The summed E-state index contributed by atoms with van der Waals surface area (Å²) in [5.41, 5.74) is 0.373. The molecule has 15 heavy (non-hydrogen) atoms. The topological polar surface area (TPSA) is 29.5 Å². The van der Waals surface area contributed by atoms with E-state index in [9.17, 15) is 0 Å². The van der Waals surface area contributed by atoms with E-state index in [2.05, 4.69) is 20.8 Å². The Bertz CT molecular complexity index is 282. The molecule has 0 spiro atoms. The maximum atomic E-state index is 9.08. The molecule has 0 saturated carbocycles. The van der Waals surface area contributed by atoms with Crippen LogP contribution in [0.1, 0.15) is 33.6 Å². The smallest absolute Gasteiger partial charge is 0.119 e. The molecule has 84 valence electrons. The molecule has 0 bridgehead atoms. The number of benzene rings is 1. The van der Waals surface area contributed by atoms with Crippen LogP contribution in [0.25, 0.3) is 0 Å². The molecule has 1 rings (SSSR count). The van der Waals surface area contributed by atoms with Gasteiger partial charge in [-0.05, 0) is 42.5 Å². The second kappa shape index (κ2) is 5.06. The van der Waals surface area contributed by atoms with Gasteiger partial charge in [0, 0.05) is 0 Å². The van der Waals surface area contributed by atoms with Gasteiger partial charge in [-0.2, -0.15) is 0 Å². The third-order valence-corrected chi connectivity index (χ3v) is 2.18. The Kier molecular flexibility index (Phi) is 4.01. The minimum Gasteiger partial charge on any atom is -0.508 e. The average Bonchev–Trinajstić information content (AvgIpc) is 2.14. The fourth-order valence-corrected chi connectivity index (χ4v) is 1.33. The van der Waals surface area contributed by atoms with E-state index in [0.717, 1.165) is 25.2 Å². The first-order chi connectivity index (χ1) is 6.97. The molecule has 0 saturated heterocycles. The van der Waals surface area contributed by atoms with E-state index in [-0.39, 0.29) is 5.75 Å². The minimum atomic E-state index is 0.275. The molecule has 2 nitrogen and oxygen atoms in total. The highest BCUT2D eigenvalue weighted by Gasteiger charge is 2.08. The Balaban J connectivity index is 2.23. The second-order valence-corrected chi connectivity index (χ2v) is 5.01. The first kappa shape index (κ1) is 11.9. The second-order valence-electron chi connectivity index (χ2n) is 5.01. The van der Waals surface area contributed by atoms with Crippen molar-refractivity contribution in [1.29, 1.82) is 0 Å². The monoisotopic (exact) mass is 208 g/mol. The van der Waals surface area contributed by atoms with Crippen molar-refractivity contribution in [3.05, 3.63) is 24.3 Å².